The number of hydrogen-bond acceptors (Lipinski definition) is 3. The van der Waals surface area contributed by atoms with Gasteiger partial charge in [-0.2, -0.15) is 5.10 Å². The van der Waals surface area contributed by atoms with Crippen LogP contribution in [0.15, 0.2) is 17.2 Å². The summed E-state index contributed by atoms with van der Waals surface area (Å²) < 4.78 is 3.52. The van der Waals surface area contributed by atoms with Gasteiger partial charge in [0.15, 0.2) is 0 Å². The molecule has 6 nitrogen and oxygen atoms in total. The van der Waals surface area contributed by atoms with Gasteiger partial charge in [-0.05, 0) is 0 Å². The predicted octanol–water partition coefficient (Wildman–Crippen LogP) is -0.225. The molecule has 0 aliphatic rings. The van der Waals surface area contributed by atoms with E-state index in [4.69, 9.17) is 0 Å². The second-order valence-corrected chi connectivity index (χ2v) is 3.51. The fraction of sp³-hybridized carbons (Fsp3) is 0.222. The van der Waals surface area contributed by atoms with Crippen molar-refractivity contribution in [3.63, 3.8) is 0 Å². The Bertz CT molecular complexity index is 722. The van der Waals surface area contributed by atoms with Gasteiger partial charge in [0.1, 0.15) is 11.1 Å². The molecule has 0 saturated carbocycles. The van der Waals surface area contributed by atoms with Crippen molar-refractivity contribution in [1.82, 2.24) is 24.5 Å². The molecule has 16 heavy (non-hydrogen) atoms. The second-order valence-electron chi connectivity index (χ2n) is 3.51. The van der Waals surface area contributed by atoms with Gasteiger partial charge >= 0.3 is 0 Å². The molecule has 83 valence electrons. The summed E-state index contributed by atoms with van der Waals surface area (Å²) in [5.41, 5.74) is 1.96. The largest absolute Gasteiger partial charge is 0.539 e. The molecule has 3 aromatic rings. The first kappa shape index (κ1) is 11.1. The van der Waals surface area contributed by atoms with Crippen LogP contribution in [0.2, 0.25) is 0 Å². The molecule has 0 aliphatic carbocycles. The Kier molecular flexibility index (Phi) is 2.45. The topological polar surface area (TPSA) is 66.8 Å². The Morgan fingerprint density at radius 3 is 2.88 bits per heavy atom. The average molecular weight is 388 g/mol. The van der Waals surface area contributed by atoms with Crippen LogP contribution in [-0.4, -0.2) is 19.4 Å². The van der Waals surface area contributed by atoms with Gasteiger partial charge in [0.2, 0.25) is 0 Å². The molecule has 0 saturated heterocycles. The number of nitrogens with zero attached hydrogens (tertiary/aromatic N) is 5. The Balaban J connectivity index is 0.000000963. The SMILES string of the molecule is Cn1cc2c(n1)c1cn[n-]c(=O)c1n2C.[Re]. The third kappa shape index (κ3) is 1.25. The summed E-state index contributed by atoms with van der Waals surface area (Å²) in [5.74, 6) is 0. The van der Waals surface area contributed by atoms with Crippen molar-refractivity contribution >= 4 is 21.9 Å². The van der Waals surface area contributed by atoms with Crippen LogP contribution in [0.4, 0.5) is 0 Å². The van der Waals surface area contributed by atoms with E-state index in [1.165, 1.54) is 0 Å². The van der Waals surface area contributed by atoms with Gasteiger partial charge in [0.05, 0.1) is 11.0 Å². The minimum atomic E-state index is -0.310. The molecule has 0 bridgehead atoms. The van der Waals surface area contributed by atoms with E-state index in [2.05, 4.69) is 15.3 Å². The van der Waals surface area contributed by atoms with Crippen LogP contribution in [0.25, 0.3) is 21.9 Å². The summed E-state index contributed by atoms with van der Waals surface area (Å²) >= 11 is 0. The van der Waals surface area contributed by atoms with Gasteiger partial charge in [-0.3, -0.25) is 4.68 Å². The third-order valence-corrected chi connectivity index (χ3v) is 2.55. The summed E-state index contributed by atoms with van der Waals surface area (Å²) in [6, 6.07) is 0. The van der Waals surface area contributed by atoms with Crippen LogP contribution >= 0.6 is 0 Å². The monoisotopic (exact) mass is 389 g/mol. The number of hydrogen-bond donors (Lipinski definition) is 0. The number of aryl methyl sites for hydroxylation is 2. The number of aromatic nitrogens is 5. The molecule has 0 aromatic carbocycles. The molecular weight excluding hydrogens is 380 g/mol. The summed E-state index contributed by atoms with van der Waals surface area (Å²) in [4.78, 5) is 11.5. The van der Waals surface area contributed by atoms with E-state index >= 15 is 0 Å². The number of rotatable bonds is 0. The molecule has 0 spiro atoms. The first-order chi connectivity index (χ1) is 7.18. The Morgan fingerprint density at radius 1 is 1.38 bits per heavy atom. The molecule has 7 heteroatoms. The summed E-state index contributed by atoms with van der Waals surface area (Å²) in [6.45, 7) is 0. The van der Waals surface area contributed by atoms with Gasteiger partial charge in [0, 0.05) is 52.3 Å². The van der Waals surface area contributed by atoms with E-state index in [0.717, 1.165) is 16.4 Å². The van der Waals surface area contributed by atoms with Gasteiger partial charge in [-0.1, -0.05) is 0 Å². The molecule has 0 amide bonds. The van der Waals surface area contributed by atoms with Gasteiger partial charge in [0.25, 0.3) is 0 Å². The van der Waals surface area contributed by atoms with Crippen molar-refractivity contribution in [3.05, 3.63) is 22.7 Å². The van der Waals surface area contributed by atoms with Crippen LogP contribution in [0, 0.1) is 0 Å². The van der Waals surface area contributed by atoms with Gasteiger partial charge < -0.3 is 19.6 Å². The minimum absolute atomic E-state index is 0. The maximum atomic E-state index is 11.5. The maximum Gasteiger partial charge on any atom is 0.120 e. The average Bonchev–Trinajstić information content (AvgIpc) is 2.68. The minimum Gasteiger partial charge on any atom is -0.539 e. The van der Waals surface area contributed by atoms with Crippen LogP contribution in [0.1, 0.15) is 0 Å². The zero-order valence-corrected chi connectivity index (χ0v) is 11.4. The molecule has 3 heterocycles. The summed E-state index contributed by atoms with van der Waals surface area (Å²) in [7, 11) is 3.67. The Morgan fingerprint density at radius 2 is 2.12 bits per heavy atom. The van der Waals surface area contributed by atoms with E-state index in [9.17, 15) is 4.79 Å². The van der Waals surface area contributed by atoms with E-state index in [0.29, 0.717) is 5.52 Å². The van der Waals surface area contributed by atoms with Crippen LogP contribution in [-0.2, 0) is 34.5 Å². The Hall–Kier alpha value is -1.45. The molecule has 0 aliphatic heterocycles. The Labute approximate surface area is 104 Å². The van der Waals surface area contributed by atoms with Crippen molar-refractivity contribution in [1.29, 1.82) is 0 Å². The maximum absolute atomic E-state index is 11.5. The fourth-order valence-corrected chi connectivity index (χ4v) is 1.89. The van der Waals surface area contributed by atoms with Crippen molar-refractivity contribution in [2.75, 3.05) is 0 Å². The van der Waals surface area contributed by atoms with Crippen molar-refractivity contribution < 1.29 is 20.4 Å². The third-order valence-electron chi connectivity index (χ3n) is 2.55. The van der Waals surface area contributed by atoms with Crippen molar-refractivity contribution in [2.24, 2.45) is 14.1 Å². The van der Waals surface area contributed by atoms with Crippen molar-refractivity contribution in [2.45, 2.75) is 0 Å². The molecule has 0 atom stereocenters. The van der Waals surface area contributed by atoms with Crippen molar-refractivity contribution in [3.8, 4) is 0 Å². The van der Waals surface area contributed by atoms with E-state index in [1.54, 1.807) is 15.4 Å². The van der Waals surface area contributed by atoms with Gasteiger partial charge in [-0.25, -0.2) is 0 Å². The molecular formula is C9H8N5ORe-. The molecule has 3 rings (SSSR count). The first-order valence-electron chi connectivity index (χ1n) is 4.49. The van der Waals surface area contributed by atoms with Crippen LogP contribution in [0.5, 0.6) is 0 Å². The van der Waals surface area contributed by atoms with E-state index < -0.39 is 0 Å². The molecule has 0 fully saturated rings. The standard InChI is InChI=1S/C9H9N5O.Re/c1-13-4-6-7(12-13)5-3-10-11-9(15)8(5)14(6)2;/h3-4H,1-2H3,(H,11,15);/p-1. The molecule has 1 radical (unpaired) electrons. The summed E-state index contributed by atoms with van der Waals surface area (Å²) in [6.07, 6.45) is 3.45. The fourth-order valence-electron chi connectivity index (χ4n) is 1.89. The van der Waals surface area contributed by atoms with Gasteiger partial charge in [-0.15, -0.1) is 0 Å². The second kappa shape index (κ2) is 3.54. The zero-order valence-electron chi connectivity index (χ0n) is 8.68. The number of fused-ring (bicyclic) bond motifs is 3. The van der Waals surface area contributed by atoms with Crippen LogP contribution in [0.3, 0.4) is 0 Å². The smallest absolute Gasteiger partial charge is 0.120 e. The summed E-state index contributed by atoms with van der Waals surface area (Å²) in [5, 5.41) is 12.2. The normalized spacial score (nSPS) is 10.9. The molecule has 3 aromatic heterocycles. The first-order valence-corrected chi connectivity index (χ1v) is 4.49. The predicted molar refractivity (Wildman–Crippen MR) is 54.6 cm³/mol. The van der Waals surface area contributed by atoms with E-state index in [1.807, 2.05) is 20.3 Å². The quantitative estimate of drug-likeness (QED) is 0.534. The zero-order chi connectivity index (χ0) is 10.6. The van der Waals surface area contributed by atoms with E-state index in [-0.39, 0.29) is 26.0 Å². The van der Waals surface area contributed by atoms with Crippen LogP contribution < -0.4 is 10.7 Å². The molecule has 0 unspecified atom stereocenters. The molecule has 0 N–H and O–H groups in total.